The average molecular weight is 440 g/mol. The number of benzene rings is 2. The summed E-state index contributed by atoms with van der Waals surface area (Å²) in [5, 5.41) is 3.73. The number of hydrogen-bond donors (Lipinski definition) is 1. The van der Waals surface area contributed by atoms with Crippen molar-refractivity contribution in [3.8, 4) is 0 Å². The van der Waals surface area contributed by atoms with E-state index in [1.165, 1.54) is 11.1 Å². The first-order valence-corrected chi connectivity index (χ1v) is 12.2. The molecule has 0 bridgehead atoms. The molecule has 0 radical (unpaired) electrons. The third-order valence-corrected chi connectivity index (χ3v) is 7.91. The standard InChI is InChI=1S/C24H29N3O3S/c1-18-6-8-19(9-7-18)12-13-25-24(28)23-17-20-16-21(10-11-22(20)26(23)2)31(29,30)27-14-4-3-5-15-27/h6-11,16-17H,3-5,12-15H2,1-2H3,(H,25,28). The van der Waals surface area contributed by atoms with E-state index in [9.17, 15) is 13.2 Å². The molecule has 6 nitrogen and oxygen atoms in total. The zero-order chi connectivity index (χ0) is 22.0. The highest BCUT2D eigenvalue weighted by atomic mass is 32.2. The molecule has 0 saturated carbocycles. The predicted octanol–water partition coefficient (Wildman–Crippen LogP) is 3.63. The summed E-state index contributed by atoms with van der Waals surface area (Å²) in [6, 6.07) is 15.2. The van der Waals surface area contributed by atoms with E-state index in [4.69, 9.17) is 0 Å². The minimum absolute atomic E-state index is 0.161. The van der Waals surface area contributed by atoms with Crippen molar-refractivity contribution in [2.24, 2.45) is 7.05 Å². The Labute approximate surface area is 183 Å². The maximum absolute atomic E-state index is 13.0. The van der Waals surface area contributed by atoms with Crippen LogP contribution in [0.15, 0.2) is 53.4 Å². The Kier molecular flexibility index (Phi) is 6.16. The molecular formula is C24H29N3O3S. The Bertz CT molecular complexity index is 1190. The van der Waals surface area contributed by atoms with Crippen LogP contribution in [0.2, 0.25) is 0 Å². The number of nitrogens with one attached hydrogen (secondary N) is 1. The molecule has 4 rings (SSSR count). The number of fused-ring (bicyclic) bond motifs is 1. The van der Waals surface area contributed by atoms with E-state index in [2.05, 4.69) is 36.5 Å². The number of rotatable bonds is 6. The van der Waals surface area contributed by atoms with Crippen molar-refractivity contribution < 1.29 is 13.2 Å². The third kappa shape index (κ3) is 4.52. The van der Waals surface area contributed by atoms with E-state index in [0.717, 1.165) is 36.6 Å². The molecule has 7 heteroatoms. The highest BCUT2D eigenvalue weighted by Crippen LogP contribution is 2.26. The molecule has 0 spiro atoms. The summed E-state index contributed by atoms with van der Waals surface area (Å²) < 4.78 is 29.4. The summed E-state index contributed by atoms with van der Waals surface area (Å²) >= 11 is 0. The van der Waals surface area contributed by atoms with E-state index in [0.29, 0.717) is 30.2 Å². The Balaban J connectivity index is 1.50. The van der Waals surface area contributed by atoms with Crippen LogP contribution in [-0.4, -0.2) is 42.8 Å². The van der Waals surface area contributed by atoms with Gasteiger partial charge < -0.3 is 9.88 Å². The van der Waals surface area contributed by atoms with Crippen molar-refractivity contribution in [1.82, 2.24) is 14.2 Å². The molecule has 2 aromatic carbocycles. The number of sulfonamides is 1. The Morgan fingerprint density at radius 1 is 1.00 bits per heavy atom. The van der Waals surface area contributed by atoms with Gasteiger partial charge in [0.15, 0.2) is 0 Å². The summed E-state index contributed by atoms with van der Waals surface area (Å²) in [4.78, 5) is 13.0. The summed E-state index contributed by atoms with van der Waals surface area (Å²) in [6.45, 7) is 3.74. The molecule has 2 heterocycles. The minimum atomic E-state index is -3.50. The Hall–Kier alpha value is -2.64. The molecule has 1 aromatic heterocycles. The van der Waals surface area contributed by atoms with Gasteiger partial charge in [0.25, 0.3) is 5.91 Å². The van der Waals surface area contributed by atoms with Crippen LogP contribution in [-0.2, 0) is 23.5 Å². The van der Waals surface area contributed by atoms with E-state index in [1.54, 1.807) is 28.6 Å². The number of aryl methyl sites for hydroxylation is 2. The van der Waals surface area contributed by atoms with Gasteiger partial charge in [-0.05, 0) is 56.0 Å². The van der Waals surface area contributed by atoms with Gasteiger partial charge in [-0.25, -0.2) is 8.42 Å². The quantitative estimate of drug-likeness (QED) is 0.638. The number of carbonyl (C=O) groups excluding carboxylic acids is 1. The van der Waals surface area contributed by atoms with Gasteiger partial charge in [0.05, 0.1) is 4.90 Å². The van der Waals surface area contributed by atoms with Gasteiger partial charge >= 0.3 is 0 Å². The lowest BCUT2D eigenvalue weighted by Crippen LogP contribution is -2.35. The fourth-order valence-corrected chi connectivity index (χ4v) is 5.68. The van der Waals surface area contributed by atoms with Crippen LogP contribution < -0.4 is 5.32 Å². The summed E-state index contributed by atoms with van der Waals surface area (Å²) in [7, 11) is -1.67. The largest absolute Gasteiger partial charge is 0.350 e. The van der Waals surface area contributed by atoms with E-state index in [-0.39, 0.29) is 5.91 Å². The van der Waals surface area contributed by atoms with Crippen LogP contribution >= 0.6 is 0 Å². The first-order chi connectivity index (χ1) is 14.9. The van der Waals surface area contributed by atoms with Crippen molar-refractivity contribution in [3.05, 3.63) is 65.4 Å². The fraction of sp³-hybridized carbons (Fsp3) is 0.375. The highest BCUT2D eigenvalue weighted by Gasteiger charge is 2.26. The molecule has 1 N–H and O–H groups in total. The van der Waals surface area contributed by atoms with Gasteiger partial charge in [-0.15, -0.1) is 0 Å². The third-order valence-electron chi connectivity index (χ3n) is 6.02. The predicted molar refractivity (Wildman–Crippen MR) is 123 cm³/mol. The molecule has 1 aliphatic heterocycles. The van der Waals surface area contributed by atoms with Crippen LogP contribution in [0.1, 0.15) is 40.9 Å². The van der Waals surface area contributed by atoms with Crippen molar-refractivity contribution in [2.75, 3.05) is 19.6 Å². The first-order valence-electron chi connectivity index (χ1n) is 10.8. The lowest BCUT2D eigenvalue weighted by Gasteiger charge is -2.25. The van der Waals surface area contributed by atoms with Gasteiger partial charge in [0.1, 0.15) is 5.69 Å². The number of hydrogen-bond acceptors (Lipinski definition) is 3. The van der Waals surface area contributed by atoms with Crippen LogP contribution in [0.5, 0.6) is 0 Å². The van der Waals surface area contributed by atoms with Crippen LogP contribution in [0.4, 0.5) is 0 Å². The molecular weight excluding hydrogens is 410 g/mol. The molecule has 31 heavy (non-hydrogen) atoms. The maximum Gasteiger partial charge on any atom is 0.267 e. The average Bonchev–Trinajstić information content (AvgIpc) is 3.11. The molecule has 0 atom stereocenters. The van der Waals surface area contributed by atoms with Crippen LogP contribution in [0.25, 0.3) is 10.9 Å². The second-order valence-electron chi connectivity index (χ2n) is 8.27. The van der Waals surface area contributed by atoms with E-state index in [1.807, 2.05) is 11.6 Å². The first kappa shape index (κ1) is 21.6. The van der Waals surface area contributed by atoms with E-state index < -0.39 is 10.0 Å². The number of aromatic nitrogens is 1. The number of amides is 1. The lowest BCUT2D eigenvalue weighted by molar-refractivity contribution is 0.0946. The highest BCUT2D eigenvalue weighted by molar-refractivity contribution is 7.89. The Morgan fingerprint density at radius 3 is 2.42 bits per heavy atom. The Morgan fingerprint density at radius 2 is 1.71 bits per heavy atom. The van der Waals surface area contributed by atoms with Crippen molar-refractivity contribution in [1.29, 1.82) is 0 Å². The van der Waals surface area contributed by atoms with Crippen LogP contribution in [0.3, 0.4) is 0 Å². The minimum Gasteiger partial charge on any atom is -0.350 e. The zero-order valence-corrected chi connectivity index (χ0v) is 18.9. The zero-order valence-electron chi connectivity index (χ0n) is 18.1. The molecule has 1 amide bonds. The number of nitrogens with zero attached hydrogens (tertiary/aromatic N) is 2. The second kappa shape index (κ2) is 8.85. The lowest BCUT2D eigenvalue weighted by atomic mass is 10.1. The van der Waals surface area contributed by atoms with Crippen molar-refractivity contribution in [2.45, 2.75) is 37.5 Å². The van der Waals surface area contributed by atoms with Gasteiger partial charge in [-0.2, -0.15) is 4.31 Å². The second-order valence-corrected chi connectivity index (χ2v) is 10.2. The molecule has 3 aromatic rings. The van der Waals surface area contributed by atoms with Crippen LogP contribution in [0, 0.1) is 6.92 Å². The summed E-state index contributed by atoms with van der Waals surface area (Å²) in [6.07, 6.45) is 3.64. The summed E-state index contributed by atoms with van der Waals surface area (Å²) in [5.74, 6) is -0.161. The monoisotopic (exact) mass is 439 g/mol. The van der Waals surface area contributed by atoms with Crippen molar-refractivity contribution >= 4 is 26.8 Å². The van der Waals surface area contributed by atoms with Gasteiger partial charge in [-0.1, -0.05) is 36.2 Å². The number of carbonyl (C=O) groups is 1. The molecule has 1 aliphatic rings. The smallest absolute Gasteiger partial charge is 0.267 e. The normalized spacial score (nSPS) is 15.3. The van der Waals surface area contributed by atoms with Crippen molar-refractivity contribution in [3.63, 3.8) is 0 Å². The SMILES string of the molecule is Cc1ccc(CCNC(=O)c2cc3cc(S(=O)(=O)N4CCCCC4)ccc3n2C)cc1. The maximum atomic E-state index is 13.0. The van der Waals surface area contributed by atoms with Gasteiger partial charge in [0.2, 0.25) is 10.0 Å². The summed E-state index contributed by atoms with van der Waals surface area (Å²) in [5.41, 5.74) is 3.74. The molecule has 1 fully saturated rings. The number of piperidine rings is 1. The fourth-order valence-electron chi connectivity index (χ4n) is 4.13. The molecule has 0 aliphatic carbocycles. The molecule has 0 unspecified atom stereocenters. The molecule has 164 valence electrons. The van der Waals surface area contributed by atoms with Gasteiger partial charge in [-0.3, -0.25) is 4.79 Å². The van der Waals surface area contributed by atoms with E-state index >= 15 is 0 Å². The van der Waals surface area contributed by atoms with Gasteiger partial charge in [0, 0.05) is 37.6 Å². The molecule has 1 saturated heterocycles. The topological polar surface area (TPSA) is 71.4 Å².